The number of allylic oxidation sites excluding steroid dienone is 2. The normalized spacial score (nSPS) is 30.6. The average molecular weight is 670 g/mol. The van der Waals surface area contributed by atoms with Gasteiger partial charge in [0, 0.05) is 16.5 Å². The second-order valence-electron chi connectivity index (χ2n) is 11.6. The highest BCUT2D eigenvalue weighted by atomic mass is 35.5. The lowest BCUT2D eigenvalue weighted by Crippen LogP contribution is -2.60. The van der Waals surface area contributed by atoms with Crippen molar-refractivity contribution in [1.82, 2.24) is 0 Å². The number of nitrogens with zero attached hydrogens (tertiary/aromatic N) is 2. The molecule has 0 spiro atoms. The summed E-state index contributed by atoms with van der Waals surface area (Å²) in [6.45, 7) is 0. The number of rotatable bonds is 4. The van der Waals surface area contributed by atoms with E-state index in [9.17, 15) is 28.7 Å². The van der Waals surface area contributed by atoms with Crippen LogP contribution in [-0.4, -0.2) is 45.6 Å². The number of hydrogen-bond acceptors (Lipinski definition) is 6. The molecule has 2 aliphatic carbocycles. The number of hydrogen-bond donors (Lipinski definition) is 1. The number of carbonyl (C=O) groups is 4. The van der Waals surface area contributed by atoms with Crippen LogP contribution in [0.25, 0.3) is 0 Å². The first kappa shape index (κ1) is 29.8. The minimum Gasteiger partial charge on any atom is -0.508 e. The second kappa shape index (κ2) is 10.3. The smallest absolute Gasteiger partial charge is 0.258 e. The Labute approximate surface area is 271 Å². The highest BCUT2D eigenvalue weighted by molar-refractivity contribution is 6.58. The van der Waals surface area contributed by atoms with Gasteiger partial charge in [0.15, 0.2) is 9.75 Å². The van der Waals surface area contributed by atoms with Crippen LogP contribution in [0.1, 0.15) is 24.3 Å². The number of fused-ring (bicyclic) bond motifs is 4. The van der Waals surface area contributed by atoms with Crippen molar-refractivity contribution in [3.8, 4) is 11.5 Å². The molecule has 0 radical (unpaired) electrons. The Balaban J connectivity index is 1.43. The molecule has 12 heteroatoms. The maximum atomic E-state index is 14.4. The average Bonchev–Trinajstić information content (AvgIpc) is 3.36. The minimum absolute atomic E-state index is 0.0553. The van der Waals surface area contributed by atoms with Gasteiger partial charge in [-0.1, -0.05) is 29.3 Å². The third-order valence-electron chi connectivity index (χ3n) is 9.53. The standard InChI is InChI=1S/C33H24Cl3FN2O6/c1-45-24-4-2-3-23(40)26(24)27-20-13-14-21-25(29(42)38(28(21)41)18-9-5-16(34)6-10-18)22(20)15-32(35)30(43)39(31(44)33(27,32)36)19-11-7-17(37)8-12-19/h2-13,21-22,25,27,40H,14-15H2,1H3. The van der Waals surface area contributed by atoms with Crippen molar-refractivity contribution in [2.75, 3.05) is 16.9 Å². The van der Waals surface area contributed by atoms with Gasteiger partial charge in [-0.2, -0.15) is 0 Å². The lowest BCUT2D eigenvalue weighted by molar-refractivity contribution is -0.125. The van der Waals surface area contributed by atoms with Gasteiger partial charge in [-0.15, -0.1) is 23.2 Å². The third kappa shape index (κ3) is 3.96. The Kier molecular flexibility index (Phi) is 6.82. The fourth-order valence-corrected chi connectivity index (χ4v) is 8.61. The van der Waals surface area contributed by atoms with Crippen LogP contribution in [0.5, 0.6) is 11.5 Å². The van der Waals surface area contributed by atoms with Crippen LogP contribution in [0.2, 0.25) is 5.02 Å². The van der Waals surface area contributed by atoms with Crippen molar-refractivity contribution in [1.29, 1.82) is 0 Å². The fourth-order valence-electron chi connectivity index (χ4n) is 7.56. The van der Waals surface area contributed by atoms with E-state index in [-0.39, 0.29) is 35.6 Å². The molecule has 1 saturated carbocycles. The molecule has 8 nitrogen and oxygen atoms in total. The van der Waals surface area contributed by atoms with Gasteiger partial charge in [0.2, 0.25) is 11.8 Å². The van der Waals surface area contributed by atoms with Gasteiger partial charge in [-0.05, 0) is 79.4 Å². The second-order valence-corrected chi connectivity index (χ2v) is 13.3. The topological polar surface area (TPSA) is 104 Å². The van der Waals surface area contributed by atoms with Gasteiger partial charge < -0.3 is 9.84 Å². The van der Waals surface area contributed by atoms with E-state index in [0.717, 1.165) is 21.9 Å². The Morgan fingerprint density at radius 2 is 1.51 bits per heavy atom. The summed E-state index contributed by atoms with van der Waals surface area (Å²) >= 11 is 20.8. The van der Waals surface area contributed by atoms with E-state index >= 15 is 0 Å². The van der Waals surface area contributed by atoms with E-state index in [1.54, 1.807) is 42.5 Å². The molecular formula is C33H24Cl3FN2O6. The number of imide groups is 2. The van der Waals surface area contributed by atoms with E-state index in [2.05, 4.69) is 0 Å². The Bertz CT molecular complexity index is 1830. The van der Waals surface area contributed by atoms with E-state index < -0.39 is 62.9 Å². The summed E-state index contributed by atoms with van der Waals surface area (Å²) in [5.74, 6) is -7.06. The summed E-state index contributed by atoms with van der Waals surface area (Å²) in [5, 5.41) is 11.7. The molecule has 6 unspecified atom stereocenters. The molecule has 3 aromatic carbocycles. The molecule has 6 atom stereocenters. The van der Waals surface area contributed by atoms with E-state index in [4.69, 9.17) is 39.5 Å². The van der Waals surface area contributed by atoms with Crippen LogP contribution in [0, 0.1) is 23.6 Å². The number of phenolic OH excluding ortho intramolecular Hbond substituents is 1. The molecule has 7 rings (SSSR count). The van der Waals surface area contributed by atoms with Crippen LogP contribution in [0.15, 0.2) is 78.4 Å². The molecule has 2 heterocycles. The fraction of sp³-hybridized carbons (Fsp3) is 0.273. The van der Waals surface area contributed by atoms with E-state index in [0.29, 0.717) is 16.3 Å². The number of anilines is 2. The molecular weight excluding hydrogens is 646 g/mol. The predicted molar refractivity (Wildman–Crippen MR) is 165 cm³/mol. The Morgan fingerprint density at radius 3 is 2.18 bits per heavy atom. The predicted octanol–water partition coefficient (Wildman–Crippen LogP) is 5.96. The number of alkyl halides is 2. The third-order valence-corrected chi connectivity index (χ3v) is 11.2. The number of phenols is 1. The molecule has 4 aliphatic rings. The Hall–Kier alpha value is -3.92. The summed E-state index contributed by atoms with van der Waals surface area (Å²) in [5.41, 5.74) is 1.01. The SMILES string of the molecule is COc1cccc(O)c1C1C2=CCC3C(=O)N(c4ccc(Cl)cc4)C(=O)C3C2CC2(Cl)C(=O)N(c3ccc(F)cc3)C(=O)C12Cl. The lowest BCUT2D eigenvalue weighted by atomic mass is 9.56. The van der Waals surface area contributed by atoms with Gasteiger partial charge in [0.1, 0.15) is 17.3 Å². The zero-order valence-corrected chi connectivity index (χ0v) is 25.8. The monoisotopic (exact) mass is 668 g/mol. The maximum Gasteiger partial charge on any atom is 0.258 e. The summed E-state index contributed by atoms with van der Waals surface area (Å²) in [6.07, 6.45) is 1.65. The largest absolute Gasteiger partial charge is 0.508 e. The number of ether oxygens (including phenoxy) is 1. The van der Waals surface area contributed by atoms with Crippen LogP contribution >= 0.6 is 34.8 Å². The highest BCUT2D eigenvalue weighted by Gasteiger charge is 2.77. The molecule has 1 N–H and O–H groups in total. The summed E-state index contributed by atoms with van der Waals surface area (Å²) in [6, 6.07) is 15.6. The van der Waals surface area contributed by atoms with Crippen LogP contribution in [0.3, 0.4) is 0 Å². The zero-order valence-electron chi connectivity index (χ0n) is 23.5. The van der Waals surface area contributed by atoms with Crippen LogP contribution < -0.4 is 14.5 Å². The molecule has 0 aromatic heterocycles. The first-order chi connectivity index (χ1) is 21.4. The van der Waals surface area contributed by atoms with Gasteiger partial charge >= 0.3 is 0 Å². The number of halogens is 4. The highest BCUT2D eigenvalue weighted by Crippen LogP contribution is 2.67. The molecule has 230 valence electrons. The first-order valence-corrected chi connectivity index (χ1v) is 15.3. The number of amides is 4. The number of carbonyl (C=O) groups excluding carboxylic acids is 4. The number of methoxy groups -OCH3 is 1. The maximum absolute atomic E-state index is 14.4. The summed E-state index contributed by atoms with van der Waals surface area (Å²) in [4.78, 5) is 54.3. The molecule has 2 aliphatic heterocycles. The van der Waals surface area contributed by atoms with Gasteiger partial charge in [-0.3, -0.25) is 24.1 Å². The van der Waals surface area contributed by atoms with Gasteiger partial charge in [0.25, 0.3) is 11.8 Å². The summed E-state index contributed by atoms with van der Waals surface area (Å²) in [7, 11) is 1.38. The number of benzene rings is 3. The van der Waals surface area contributed by atoms with Crippen molar-refractivity contribution in [3.63, 3.8) is 0 Å². The molecule has 0 bridgehead atoms. The Morgan fingerprint density at radius 1 is 0.867 bits per heavy atom. The van der Waals surface area contributed by atoms with Gasteiger partial charge in [-0.25, -0.2) is 9.29 Å². The quantitative estimate of drug-likeness (QED) is 0.209. The van der Waals surface area contributed by atoms with E-state index in [1.165, 1.54) is 25.3 Å². The molecule has 3 aromatic rings. The van der Waals surface area contributed by atoms with Crippen molar-refractivity contribution in [2.24, 2.45) is 17.8 Å². The molecule has 2 saturated heterocycles. The van der Waals surface area contributed by atoms with Crippen molar-refractivity contribution >= 4 is 69.8 Å². The van der Waals surface area contributed by atoms with Gasteiger partial charge in [0.05, 0.1) is 30.3 Å². The molecule has 4 amide bonds. The minimum atomic E-state index is -2.21. The molecule has 45 heavy (non-hydrogen) atoms. The lowest BCUT2D eigenvalue weighted by Gasteiger charge is -2.50. The molecule has 3 fully saturated rings. The van der Waals surface area contributed by atoms with Crippen LogP contribution in [-0.2, 0) is 19.2 Å². The van der Waals surface area contributed by atoms with Crippen LogP contribution in [0.4, 0.5) is 15.8 Å². The van der Waals surface area contributed by atoms with Crippen molar-refractivity contribution < 1.29 is 33.4 Å². The first-order valence-electron chi connectivity index (χ1n) is 14.2. The van der Waals surface area contributed by atoms with Crippen molar-refractivity contribution in [2.45, 2.75) is 28.5 Å². The summed E-state index contributed by atoms with van der Waals surface area (Å²) < 4.78 is 19.4. The van der Waals surface area contributed by atoms with Crippen molar-refractivity contribution in [3.05, 3.63) is 94.8 Å². The zero-order chi connectivity index (χ0) is 32.0. The van der Waals surface area contributed by atoms with E-state index in [1.807, 2.05) is 0 Å². The number of aromatic hydroxyl groups is 1.